The van der Waals surface area contributed by atoms with Crippen molar-refractivity contribution < 1.29 is 4.74 Å². The normalized spacial score (nSPS) is 10.4. The van der Waals surface area contributed by atoms with Crippen LogP contribution in [0.1, 0.15) is 11.3 Å². The van der Waals surface area contributed by atoms with Crippen LogP contribution in [-0.4, -0.2) is 12.1 Å². The molecule has 1 heterocycles. The topological polar surface area (TPSA) is 48.8 Å². The average molecular weight is 262 g/mol. The van der Waals surface area contributed by atoms with Crippen LogP contribution in [0, 0.1) is 18.3 Å². The van der Waals surface area contributed by atoms with Crippen LogP contribution >= 0.6 is 0 Å². The van der Waals surface area contributed by atoms with Crippen molar-refractivity contribution in [2.45, 2.75) is 6.92 Å². The number of nitriles is 1. The van der Waals surface area contributed by atoms with Gasteiger partial charge in [-0.1, -0.05) is 18.2 Å². The van der Waals surface area contributed by atoms with Crippen LogP contribution in [0.3, 0.4) is 0 Å². The Hall–Kier alpha value is -2.73. The molecular formula is C17H14N2O. The Labute approximate surface area is 117 Å². The minimum absolute atomic E-state index is 0.690. The van der Waals surface area contributed by atoms with Crippen molar-refractivity contribution in [3.8, 4) is 23.1 Å². The van der Waals surface area contributed by atoms with E-state index in [4.69, 9.17) is 10.00 Å². The number of benzene rings is 2. The Morgan fingerprint density at radius 3 is 2.50 bits per heavy atom. The quantitative estimate of drug-likeness (QED) is 0.758. The highest BCUT2D eigenvalue weighted by Crippen LogP contribution is 2.27. The van der Waals surface area contributed by atoms with E-state index in [1.807, 2.05) is 37.3 Å². The van der Waals surface area contributed by atoms with Crippen molar-refractivity contribution in [1.29, 1.82) is 5.26 Å². The molecule has 0 saturated carbocycles. The van der Waals surface area contributed by atoms with E-state index in [1.165, 1.54) is 0 Å². The van der Waals surface area contributed by atoms with Crippen LogP contribution in [0.4, 0.5) is 0 Å². The fourth-order valence-electron chi connectivity index (χ4n) is 2.35. The van der Waals surface area contributed by atoms with Gasteiger partial charge >= 0.3 is 0 Å². The molecule has 0 radical (unpaired) electrons. The van der Waals surface area contributed by atoms with Crippen molar-refractivity contribution in [3.63, 3.8) is 0 Å². The molecule has 0 bridgehead atoms. The largest absolute Gasteiger partial charge is 0.497 e. The maximum absolute atomic E-state index is 9.02. The van der Waals surface area contributed by atoms with Gasteiger partial charge in [-0.25, -0.2) is 0 Å². The van der Waals surface area contributed by atoms with Crippen molar-refractivity contribution in [2.75, 3.05) is 7.11 Å². The molecule has 1 N–H and O–H groups in total. The fraction of sp³-hybridized carbons (Fsp3) is 0.118. The molecule has 3 nitrogen and oxygen atoms in total. The number of H-pyrrole nitrogens is 1. The van der Waals surface area contributed by atoms with E-state index >= 15 is 0 Å². The van der Waals surface area contributed by atoms with Crippen LogP contribution in [0.5, 0.6) is 5.75 Å². The molecule has 1 aromatic heterocycles. The molecule has 0 unspecified atom stereocenters. The van der Waals surface area contributed by atoms with Gasteiger partial charge in [0, 0.05) is 11.4 Å². The second-order valence-electron chi connectivity index (χ2n) is 4.76. The summed E-state index contributed by atoms with van der Waals surface area (Å²) in [6.45, 7) is 1.91. The van der Waals surface area contributed by atoms with Gasteiger partial charge in [0.05, 0.1) is 12.7 Å². The van der Waals surface area contributed by atoms with E-state index in [0.717, 1.165) is 33.5 Å². The van der Waals surface area contributed by atoms with Crippen LogP contribution in [-0.2, 0) is 0 Å². The first kappa shape index (κ1) is 12.3. The third kappa shape index (κ3) is 2.02. The van der Waals surface area contributed by atoms with Crippen molar-refractivity contribution in [3.05, 3.63) is 53.7 Å². The summed E-state index contributed by atoms with van der Waals surface area (Å²) in [5.41, 5.74) is 3.64. The summed E-state index contributed by atoms with van der Waals surface area (Å²) in [6, 6.07) is 16.3. The van der Waals surface area contributed by atoms with E-state index in [9.17, 15) is 0 Å². The molecule has 20 heavy (non-hydrogen) atoms. The summed E-state index contributed by atoms with van der Waals surface area (Å²) >= 11 is 0. The minimum atomic E-state index is 0.690. The predicted molar refractivity (Wildman–Crippen MR) is 79.7 cm³/mol. The summed E-state index contributed by atoms with van der Waals surface area (Å²) < 4.78 is 5.23. The van der Waals surface area contributed by atoms with Crippen LogP contribution in [0.2, 0.25) is 0 Å². The molecule has 3 heteroatoms. The zero-order chi connectivity index (χ0) is 14.1. The molecule has 2 aromatic carbocycles. The Morgan fingerprint density at radius 2 is 1.80 bits per heavy atom. The van der Waals surface area contributed by atoms with E-state index in [1.54, 1.807) is 7.11 Å². The third-order valence-electron chi connectivity index (χ3n) is 3.49. The standard InChI is InChI=1S/C17H14N2O/c1-11-15(10-18)9-17(19-11)14-4-3-13-8-16(20-2)6-5-12(13)7-14/h3-9,19H,1-2H3. The van der Waals surface area contributed by atoms with E-state index in [-0.39, 0.29) is 0 Å². The number of aryl methyl sites for hydroxylation is 1. The van der Waals surface area contributed by atoms with Gasteiger partial charge in [0.25, 0.3) is 0 Å². The number of nitrogens with zero attached hydrogens (tertiary/aromatic N) is 1. The summed E-state index contributed by atoms with van der Waals surface area (Å²) in [5.74, 6) is 0.854. The smallest absolute Gasteiger partial charge is 0.119 e. The summed E-state index contributed by atoms with van der Waals surface area (Å²) in [5, 5.41) is 11.3. The zero-order valence-electron chi connectivity index (χ0n) is 11.4. The molecule has 0 fully saturated rings. The SMILES string of the molecule is COc1ccc2cc(-c3cc(C#N)c(C)[nH]3)ccc2c1. The van der Waals surface area contributed by atoms with Gasteiger partial charge in [0.15, 0.2) is 0 Å². The lowest BCUT2D eigenvalue weighted by molar-refractivity contribution is 0.415. The van der Waals surface area contributed by atoms with Crippen LogP contribution in [0.25, 0.3) is 22.0 Å². The Bertz CT molecular complexity index is 825. The van der Waals surface area contributed by atoms with Crippen molar-refractivity contribution in [1.82, 2.24) is 4.98 Å². The number of aromatic amines is 1. The molecule has 3 aromatic rings. The minimum Gasteiger partial charge on any atom is -0.497 e. The average Bonchev–Trinajstić information content (AvgIpc) is 2.87. The van der Waals surface area contributed by atoms with Crippen molar-refractivity contribution in [2.24, 2.45) is 0 Å². The number of methoxy groups -OCH3 is 1. The van der Waals surface area contributed by atoms with Gasteiger partial charge in [-0.15, -0.1) is 0 Å². The van der Waals surface area contributed by atoms with Crippen LogP contribution in [0.15, 0.2) is 42.5 Å². The van der Waals surface area contributed by atoms with Crippen molar-refractivity contribution >= 4 is 10.8 Å². The predicted octanol–water partition coefficient (Wildman–Crippen LogP) is 4.02. The molecule has 3 rings (SSSR count). The highest BCUT2D eigenvalue weighted by Gasteiger charge is 2.06. The lowest BCUT2D eigenvalue weighted by atomic mass is 10.0. The molecular weight excluding hydrogens is 248 g/mol. The molecule has 0 atom stereocenters. The number of hydrogen-bond acceptors (Lipinski definition) is 2. The second-order valence-corrected chi connectivity index (χ2v) is 4.76. The van der Waals surface area contributed by atoms with Gasteiger partial charge in [-0.2, -0.15) is 5.26 Å². The molecule has 98 valence electrons. The highest BCUT2D eigenvalue weighted by atomic mass is 16.5. The second kappa shape index (κ2) is 4.75. The van der Waals surface area contributed by atoms with E-state index in [0.29, 0.717) is 5.56 Å². The van der Waals surface area contributed by atoms with Crippen LogP contribution < -0.4 is 4.74 Å². The van der Waals surface area contributed by atoms with Gasteiger partial charge < -0.3 is 9.72 Å². The van der Waals surface area contributed by atoms with Gasteiger partial charge in [-0.05, 0) is 47.5 Å². The molecule has 0 saturated heterocycles. The number of nitrogens with one attached hydrogen (secondary N) is 1. The lowest BCUT2D eigenvalue weighted by Gasteiger charge is -2.04. The number of ether oxygens (including phenoxy) is 1. The maximum atomic E-state index is 9.02. The molecule has 0 aliphatic carbocycles. The first-order valence-electron chi connectivity index (χ1n) is 6.39. The number of hydrogen-bond donors (Lipinski definition) is 1. The van der Waals surface area contributed by atoms with E-state index < -0.39 is 0 Å². The third-order valence-corrected chi connectivity index (χ3v) is 3.49. The first-order chi connectivity index (χ1) is 9.71. The Balaban J connectivity index is 2.10. The molecule has 0 spiro atoms. The number of aromatic nitrogens is 1. The fourth-order valence-corrected chi connectivity index (χ4v) is 2.35. The number of fused-ring (bicyclic) bond motifs is 1. The van der Waals surface area contributed by atoms with Gasteiger partial charge in [-0.3, -0.25) is 0 Å². The van der Waals surface area contributed by atoms with Gasteiger partial charge in [0.2, 0.25) is 0 Å². The monoisotopic (exact) mass is 262 g/mol. The van der Waals surface area contributed by atoms with Gasteiger partial charge in [0.1, 0.15) is 11.8 Å². The summed E-state index contributed by atoms with van der Waals surface area (Å²) in [7, 11) is 1.67. The maximum Gasteiger partial charge on any atom is 0.119 e. The molecule has 0 aliphatic rings. The molecule has 0 aliphatic heterocycles. The summed E-state index contributed by atoms with van der Waals surface area (Å²) in [4.78, 5) is 3.25. The zero-order valence-corrected chi connectivity index (χ0v) is 11.4. The Kier molecular flexibility index (Phi) is 2.92. The highest BCUT2D eigenvalue weighted by molar-refractivity contribution is 5.88. The first-order valence-corrected chi connectivity index (χ1v) is 6.39. The number of rotatable bonds is 2. The summed E-state index contributed by atoms with van der Waals surface area (Å²) in [6.07, 6.45) is 0. The lowest BCUT2D eigenvalue weighted by Crippen LogP contribution is -1.83. The molecule has 0 amide bonds. The Morgan fingerprint density at radius 1 is 1.05 bits per heavy atom. The van der Waals surface area contributed by atoms with E-state index in [2.05, 4.69) is 23.2 Å².